The fourth-order valence-corrected chi connectivity index (χ4v) is 2.33. The molecular weight excluding hydrogens is 191 g/mol. The molecule has 0 saturated heterocycles. The molecule has 0 fully saturated rings. The highest BCUT2D eigenvalue weighted by atomic mass is 19.1. The van der Waals surface area contributed by atoms with E-state index in [0.29, 0.717) is 6.04 Å². The molecule has 82 valence electrons. The first kappa shape index (κ1) is 10.4. The number of likely N-dealkylation sites (N-methyl/N-ethyl adjacent to an activating group) is 2. The Balaban J connectivity index is 2.32. The van der Waals surface area contributed by atoms with E-state index in [0.717, 1.165) is 30.6 Å². The van der Waals surface area contributed by atoms with Crippen LogP contribution in [0, 0.1) is 5.82 Å². The van der Waals surface area contributed by atoms with Crippen LogP contribution in [0.1, 0.15) is 12.0 Å². The maximum absolute atomic E-state index is 13.7. The molecule has 1 unspecified atom stereocenters. The smallest absolute Gasteiger partial charge is 0.146 e. The average molecular weight is 208 g/mol. The number of nitrogens with one attached hydrogen (secondary N) is 1. The van der Waals surface area contributed by atoms with E-state index in [-0.39, 0.29) is 5.82 Å². The van der Waals surface area contributed by atoms with E-state index in [9.17, 15) is 4.39 Å². The number of nitrogens with zero attached hydrogens (tertiary/aromatic N) is 1. The van der Waals surface area contributed by atoms with Crippen LogP contribution in [-0.2, 0) is 6.42 Å². The van der Waals surface area contributed by atoms with E-state index in [1.807, 2.05) is 20.2 Å². The number of fused-ring (bicyclic) bond motifs is 1. The monoisotopic (exact) mass is 208 g/mol. The number of hydrogen-bond donors (Lipinski definition) is 1. The second-order valence-electron chi connectivity index (χ2n) is 4.11. The van der Waals surface area contributed by atoms with E-state index in [4.69, 9.17) is 0 Å². The Labute approximate surface area is 90.1 Å². The van der Waals surface area contributed by atoms with Gasteiger partial charge in [0.2, 0.25) is 0 Å². The van der Waals surface area contributed by atoms with Crippen LogP contribution < -0.4 is 10.2 Å². The first-order chi connectivity index (χ1) is 7.24. The van der Waals surface area contributed by atoms with Crippen LogP contribution in [0.5, 0.6) is 0 Å². The fourth-order valence-electron chi connectivity index (χ4n) is 2.33. The van der Waals surface area contributed by atoms with Crippen molar-refractivity contribution in [2.24, 2.45) is 0 Å². The maximum Gasteiger partial charge on any atom is 0.146 e. The van der Waals surface area contributed by atoms with Gasteiger partial charge in [-0.3, -0.25) is 0 Å². The quantitative estimate of drug-likeness (QED) is 0.797. The molecule has 0 bridgehead atoms. The molecule has 0 radical (unpaired) electrons. The van der Waals surface area contributed by atoms with E-state index >= 15 is 0 Å². The van der Waals surface area contributed by atoms with Gasteiger partial charge < -0.3 is 10.2 Å². The van der Waals surface area contributed by atoms with Gasteiger partial charge in [0.1, 0.15) is 5.82 Å². The number of aryl methyl sites for hydroxylation is 1. The number of hydrogen-bond acceptors (Lipinski definition) is 2. The second kappa shape index (κ2) is 4.19. The summed E-state index contributed by atoms with van der Waals surface area (Å²) >= 11 is 0. The normalized spacial score (nSPS) is 20.2. The van der Waals surface area contributed by atoms with Crippen molar-refractivity contribution in [3.05, 3.63) is 29.6 Å². The lowest BCUT2D eigenvalue weighted by Crippen LogP contribution is -2.42. The molecule has 0 spiro atoms. The molecule has 0 amide bonds. The molecule has 1 atom stereocenters. The van der Waals surface area contributed by atoms with Crippen LogP contribution in [0.25, 0.3) is 0 Å². The Hall–Kier alpha value is -1.09. The molecule has 1 aliphatic rings. The Morgan fingerprint density at radius 1 is 1.53 bits per heavy atom. The van der Waals surface area contributed by atoms with Crippen molar-refractivity contribution >= 4 is 5.69 Å². The van der Waals surface area contributed by atoms with Crippen molar-refractivity contribution < 1.29 is 4.39 Å². The van der Waals surface area contributed by atoms with Gasteiger partial charge >= 0.3 is 0 Å². The summed E-state index contributed by atoms with van der Waals surface area (Å²) in [5, 5.41) is 3.15. The van der Waals surface area contributed by atoms with Gasteiger partial charge in [-0.2, -0.15) is 0 Å². The number of para-hydroxylation sites is 1. The second-order valence-corrected chi connectivity index (χ2v) is 4.11. The third-order valence-corrected chi connectivity index (χ3v) is 3.16. The molecule has 0 saturated carbocycles. The number of benzene rings is 1. The topological polar surface area (TPSA) is 15.3 Å². The van der Waals surface area contributed by atoms with Crippen molar-refractivity contribution in [2.75, 3.05) is 25.5 Å². The average Bonchev–Trinajstić information content (AvgIpc) is 2.22. The summed E-state index contributed by atoms with van der Waals surface area (Å²) in [7, 11) is 3.91. The van der Waals surface area contributed by atoms with Crippen molar-refractivity contribution in [3.8, 4) is 0 Å². The molecule has 1 N–H and O–H groups in total. The first-order valence-electron chi connectivity index (χ1n) is 5.39. The summed E-state index contributed by atoms with van der Waals surface area (Å²) in [5.74, 6) is -0.101. The zero-order valence-corrected chi connectivity index (χ0v) is 9.26. The Morgan fingerprint density at radius 2 is 2.33 bits per heavy atom. The van der Waals surface area contributed by atoms with Gasteiger partial charge in [0, 0.05) is 19.6 Å². The minimum absolute atomic E-state index is 0.101. The first-order valence-corrected chi connectivity index (χ1v) is 5.39. The molecule has 15 heavy (non-hydrogen) atoms. The van der Waals surface area contributed by atoms with Crippen LogP contribution in [-0.4, -0.2) is 26.7 Å². The van der Waals surface area contributed by atoms with Crippen molar-refractivity contribution in [2.45, 2.75) is 18.9 Å². The number of anilines is 1. The van der Waals surface area contributed by atoms with Crippen LogP contribution in [0.15, 0.2) is 18.2 Å². The molecule has 1 aliphatic heterocycles. The fraction of sp³-hybridized carbons (Fsp3) is 0.500. The van der Waals surface area contributed by atoms with E-state index in [1.54, 1.807) is 6.07 Å². The SMILES string of the molecule is CNCC1CCc2cccc(F)c2N1C. The van der Waals surface area contributed by atoms with Crippen molar-refractivity contribution in [3.63, 3.8) is 0 Å². The van der Waals surface area contributed by atoms with Crippen LogP contribution >= 0.6 is 0 Å². The van der Waals surface area contributed by atoms with E-state index in [1.165, 1.54) is 6.07 Å². The van der Waals surface area contributed by atoms with Crippen LogP contribution in [0.3, 0.4) is 0 Å². The molecule has 1 heterocycles. The molecule has 2 rings (SSSR count). The van der Waals surface area contributed by atoms with Crippen molar-refractivity contribution in [1.82, 2.24) is 5.32 Å². The predicted molar refractivity (Wildman–Crippen MR) is 60.8 cm³/mol. The molecule has 0 aliphatic carbocycles. The molecule has 0 aromatic heterocycles. The maximum atomic E-state index is 13.7. The molecule has 3 heteroatoms. The zero-order chi connectivity index (χ0) is 10.8. The Kier molecular flexibility index (Phi) is 2.91. The summed E-state index contributed by atoms with van der Waals surface area (Å²) in [6.45, 7) is 0.907. The van der Waals surface area contributed by atoms with E-state index < -0.39 is 0 Å². The van der Waals surface area contributed by atoms with Gasteiger partial charge in [0.15, 0.2) is 0 Å². The highest BCUT2D eigenvalue weighted by Gasteiger charge is 2.24. The molecule has 1 aromatic carbocycles. The zero-order valence-electron chi connectivity index (χ0n) is 9.26. The Morgan fingerprint density at radius 3 is 3.07 bits per heavy atom. The largest absolute Gasteiger partial charge is 0.368 e. The summed E-state index contributed by atoms with van der Waals surface area (Å²) in [5.41, 5.74) is 1.91. The third-order valence-electron chi connectivity index (χ3n) is 3.16. The van der Waals surface area contributed by atoms with E-state index in [2.05, 4.69) is 10.2 Å². The molecule has 2 nitrogen and oxygen atoms in total. The Bertz CT molecular complexity index is 351. The predicted octanol–water partition coefficient (Wildman–Crippen LogP) is 1.80. The van der Waals surface area contributed by atoms with Crippen molar-refractivity contribution in [1.29, 1.82) is 0 Å². The van der Waals surface area contributed by atoms with Gasteiger partial charge in [-0.1, -0.05) is 12.1 Å². The highest BCUT2D eigenvalue weighted by molar-refractivity contribution is 5.57. The third kappa shape index (κ3) is 1.84. The standard InChI is InChI=1S/C12H17FN2/c1-14-8-10-7-6-9-4-3-5-11(13)12(9)15(10)2/h3-5,10,14H,6-8H2,1-2H3. The van der Waals surface area contributed by atoms with Gasteiger partial charge in [-0.05, 0) is 31.5 Å². The molecular formula is C12H17FN2. The van der Waals surface area contributed by atoms with Gasteiger partial charge in [-0.15, -0.1) is 0 Å². The summed E-state index contributed by atoms with van der Waals surface area (Å²) < 4.78 is 13.7. The summed E-state index contributed by atoms with van der Waals surface area (Å²) in [6, 6.07) is 5.75. The van der Waals surface area contributed by atoms with Gasteiger partial charge in [0.25, 0.3) is 0 Å². The number of halogens is 1. The van der Waals surface area contributed by atoms with Gasteiger partial charge in [-0.25, -0.2) is 4.39 Å². The van der Waals surface area contributed by atoms with Gasteiger partial charge in [0.05, 0.1) is 5.69 Å². The minimum Gasteiger partial charge on any atom is -0.368 e. The summed E-state index contributed by atoms with van der Waals surface area (Å²) in [6.07, 6.45) is 2.07. The van der Waals surface area contributed by atoms with Crippen LogP contribution in [0.2, 0.25) is 0 Å². The highest BCUT2D eigenvalue weighted by Crippen LogP contribution is 2.31. The van der Waals surface area contributed by atoms with Crippen LogP contribution in [0.4, 0.5) is 10.1 Å². The lowest BCUT2D eigenvalue weighted by molar-refractivity contribution is 0.513. The minimum atomic E-state index is -0.101. The summed E-state index contributed by atoms with van der Waals surface area (Å²) in [4.78, 5) is 2.06. The molecule has 1 aromatic rings. The lowest BCUT2D eigenvalue weighted by Gasteiger charge is -2.36. The number of rotatable bonds is 2. The lowest BCUT2D eigenvalue weighted by atomic mass is 9.96.